The van der Waals surface area contributed by atoms with Crippen molar-refractivity contribution in [2.45, 2.75) is 44.1 Å². The van der Waals surface area contributed by atoms with E-state index < -0.39 is 5.60 Å². The summed E-state index contributed by atoms with van der Waals surface area (Å²) in [6.45, 7) is 0. The monoisotopic (exact) mass is 202 g/mol. The van der Waals surface area contributed by atoms with Crippen LogP contribution in [0.5, 0.6) is 0 Å². The predicted molar refractivity (Wildman–Crippen MR) is 60.6 cm³/mol. The van der Waals surface area contributed by atoms with Gasteiger partial charge in [-0.3, -0.25) is 0 Å². The molecular formula is C14H18O. The molecule has 0 aliphatic heterocycles. The number of hydrogen-bond acceptors (Lipinski definition) is 1. The predicted octanol–water partition coefficient (Wildman–Crippen LogP) is 3.01. The molecule has 3 rings (SSSR count). The smallest absolute Gasteiger partial charge is 0.0927 e. The first-order chi connectivity index (χ1) is 7.31. The van der Waals surface area contributed by atoms with Crippen LogP contribution in [-0.2, 0) is 12.0 Å². The largest absolute Gasteiger partial charge is 0.385 e. The Labute approximate surface area is 91.1 Å². The molecule has 1 nitrogen and oxygen atoms in total. The molecule has 2 aliphatic carbocycles. The SMILES string of the molecule is OC12CCCCC1CCc1ccccc12. The molecule has 1 saturated carbocycles. The van der Waals surface area contributed by atoms with Crippen LogP contribution in [0.4, 0.5) is 0 Å². The normalized spacial score (nSPS) is 34.3. The second-order valence-electron chi connectivity index (χ2n) is 5.06. The number of aryl methyl sites for hydroxylation is 1. The van der Waals surface area contributed by atoms with Crippen LogP contribution in [0.25, 0.3) is 0 Å². The molecule has 1 fully saturated rings. The Hall–Kier alpha value is -0.820. The Bertz CT molecular complexity index is 371. The lowest BCUT2D eigenvalue weighted by molar-refractivity contribution is -0.0642. The molecule has 2 unspecified atom stereocenters. The fourth-order valence-corrected chi connectivity index (χ4v) is 3.46. The first kappa shape index (κ1) is 9.41. The van der Waals surface area contributed by atoms with E-state index in [1.165, 1.54) is 36.8 Å². The van der Waals surface area contributed by atoms with E-state index in [0.29, 0.717) is 5.92 Å². The van der Waals surface area contributed by atoms with E-state index in [1.54, 1.807) is 0 Å². The van der Waals surface area contributed by atoms with Crippen LogP contribution in [0.1, 0.15) is 43.2 Å². The van der Waals surface area contributed by atoms with Gasteiger partial charge in [0.25, 0.3) is 0 Å². The lowest BCUT2D eigenvalue weighted by Crippen LogP contribution is -2.41. The Kier molecular flexibility index (Phi) is 2.10. The van der Waals surface area contributed by atoms with Gasteiger partial charge in [0, 0.05) is 0 Å². The molecule has 0 saturated heterocycles. The van der Waals surface area contributed by atoms with E-state index >= 15 is 0 Å². The van der Waals surface area contributed by atoms with Crippen molar-refractivity contribution in [3.05, 3.63) is 35.4 Å². The molecule has 0 radical (unpaired) electrons. The molecule has 1 aromatic rings. The van der Waals surface area contributed by atoms with Gasteiger partial charge in [-0.1, -0.05) is 37.1 Å². The van der Waals surface area contributed by atoms with Gasteiger partial charge in [0.05, 0.1) is 5.60 Å². The maximum atomic E-state index is 10.8. The van der Waals surface area contributed by atoms with Crippen LogP contribution in [0.15, 0.2) is 24.3 Å². The van der Waals surface area contributed by atoms with E-state index in [9.17, 15) is 5.11 Å². The van der Waals surface area contributed by atoms with Crippen molar-refractivity contribution in [2.24, 2.45) is 5.92 Å². The minimum atomic E-state index is -0.493. The first-order valence-electron chi connectivity index (χ1n) is 6.11. The zero-order valence-electron chi connectivity index (χ0n) is 9.08. The van der Waals surface area contributed by atoms with Crippen LogP contribution in [0, 0.1) is 5.92 Å². The molecule has 0 aromatic heterocycles. The van der Waals surface area contributed by atoms with Gasteiger partial charge in [-0.15, -0.1) is 0 Å². The summed E-state index contributed by atoms with van der Waals surface area (Å²) in [6, 6.07) is 8.46. The number of rotatable bonds is 0. The minimum Gasteiger partial charge on any atom is -0.385 e. The highest BCUT2D eigenvalue weighted by Crippen LogP contribution is 2.47. The van der Waals surface area contributed by atoms with Crippen molar-refractivity contribution in [2.75, 3.05) is 0 Å². The van der Waals surface area contributed by atoms with E-state index in [-0.39, 0.29) is 0 Å². The van der Waals surface area contributed by atoms with Crippen molar-refractivity contribution in [3.63, 3.8) is 0 Å². The maximum absolute atomic E-state index is 10.8. The number of benzene rings is 1. The molecule has 2 atom stereocenters. The van der Waals surface area contributed by atoms with E-state index in [4.69, 9.17) is 0 Å². The summed E-state index contributed by atoms with van der Waals surface area (Å²) in [6.07, 6.45) is 6.99. The molecule has 1 N–H and O–H groups in total. The molecule has 80 valence electrons. The molecule has 2 aliphatic rings. The topological polar surface area (TPSA) is 20.2 Å². The second-order valence-corrected chi connectivity index (χ2v) is 5.06. The van der Waals surface area contributed by atoms with Gasteiger partial charge in [0.1, 0.15) is 0 Å². The molecule has 0 spiro atoms. The maximum Gasteiger partial charge on any atom is 0.0927 e. The standard InChI is InChI=1S/C14H18O/c15-14-10-4-3-6-12(14)9-8-11-5-1-2-7-13(11)14/h1-2,5,7,12,15H,3-4,6,8-10H2. The summed E-state index contributed by atoms with van der Waals surface area (Å²) < 4.78 is 0. The highest BCUT2D eigenvalue weighted by Gasteiger charge is 2.43. The van der Waals surface area contributed by atoms with E-state index in [0.717, 1.165) is 12.8 Å². The number of hydrogen-bond donors (Lipinski definition) is 1. The van der Waals surface area contributed by atoms with Crippen LogP contribution in [-0.4, -0.2) is 5.11 Å². The van der Waals surface area contributed by atoms with Crippen molar-refractivity contribution in [3.8, 4) is 0 Å². The van der Waals surface area contributed by atoms with Gasteiger partial charge in [-0.25, -0.2) is 0 Å². The zero-order valence-corrected chi connectivity index (χ0v) is 9.08. The van der Waals surface area contributed by atoms with Gasteiger partial charge < -0.3 is 5.11 Å². The van der Waals surface area contributed by atoms with Gasteiger partial charge in [0.2, 0.25) is 0 Å². The summed E-state index contributed by atoms with van der Waals surface area (Å²) in [5, 5.41) is 10.8. The molecule has 1 heteroatoms. The van der Waals surface area contributed by atoms with Crippen molar-refractivity contribution < 1.29 is 5.11 Å². The average molecular weight is 202 g/mol. The van der Waals surface area contributed by atoms with Gasteiger partial charge in [-0.2, -0.15) is 0 Å². The van der Waals surface area contributed by atoms with Crippen molar-refractivity contribution >= 4 is 0 Å². The molecule has 0 bridgehead atoms. The highest BCUT2D eigenvalue weighted by molar-refractivity contribution is 5.36. The fourth-order valence-electron chi connectivity index (χ4n) is 3.46. The Balaban J connectivity index is 2.09. The second kappa shape index (κ2) is 3.34. The minimum absolute atomic E-state index is 0.493. The molecule has 1 aromatic carbocycles. The number of fused-ring (bicyclic) bond motifs is 3. The van der Waals surface area contributed by atoms with Crippen LogP contribution in [0.3, 0.4) is 0 Å². The molecule has 0 heterocycles. The summed E-state index contributed by atoms with van der Waals surface area (Å²) >= 11 is 0. The molecule has 0 amide bonds. The summed E-state index contributed by atoms with van der Waals surface area (Å²) in [5.74, 6) is 0.515. The van der Waals surface area contributed by atoms with Crippen LogP contribution in [0.2, 0.25) is 0 Å². The van der Waals surface area contributed by atoms with E-state index in [2.05, 4.69) is 24.3 Å². The third-order valence-electron chi connectivity index (χ3n) is 4.28. The zero-order chi connectivity index (χ0) is 10.3. The first-order valence-corrected chi connectivity index (χ1v) is 6.11. The van der Waals surface area contributed by atoms with Crippen molar-refractivity contribution in [1.82, 2.24) is 0 Å². The van der Waals surface area contributed by atoms with Crippen molar-refractivity contribution in [1.29, 1.82) is 0 Å². The van der Waals surface area contributed by atoms with Gasteiger partial charge in [0.15, 0.2) is 0 Å². The van der Waals surface area contributed by atoms with Crippen LogP contribution >= 0.6 is 0 Å². The Morgan fingerprint density at radius 1 is 1.13 bits per heavy atom. The summed E-state index contributed by atoms with van der Waals surface area (Å²) in [5.41, 5.74) is 2.10. The average Bonchev–Trinajstić information content (AvgIpc) is 2.29. The number of aliphatic hydroxyl groups is 1. The molecular weight excluding hydrogens is 184 g/mol. The van der Waals surface area contributed by atoms with Gasteiger partial charge >= 0.3 is 0 Å². The lowest BCUT2D eigenvalue weighted by atomic mass is 9.65. The van der Waals surface area contributed by atoms with E-state index in [1.807, 2.05) is 0 Å². The molecule has 15 heavy (non-hydrogen) atoms. The Morgan fingerprint density at radius 3 is 2.93 bits per heavy atom. The third kappa shape index (κ3) is 1.33. The van der Waals surface area contributed by atoms with Crippen LogP contribution < -0.4 is 0 Å². The Morgan fingerprint density at radius 2 is 2.00 bits per heavy atom. The summed E-state index contributed by atoms with van der Waals surface area (Å²) in [7, 11) is 0. The highest BCUT2D eigenvalue weighted by atomic mass is 16.3. The summed E-state index contributed by atoms with van der Waals surface area (Å²) in [4.78, 5) is 0. The third-order valence-corrected chi connectivity index (χ3v) is 4.28. The quantitative estimate of drug-likeness (QED) is 0.685. The lowest BCUT2D eigenvalue weighted by Gasteiger charge is -2.44. The van der Waals surface area contributed by atoms with Gasteiger partial charge in [-0.05, 0) is 42.7 Å². The fraction of sp³-hybridized carbons (Fsp3) is 0.571.